The second kappa shape index (κ2) is 7.10. The van der Waals surface area contributed by atoms with E-state index in [1.54, 1.807) is 0 Å². The van der Waals surface area contributed by atoms with E-state index in [1.165, 1.54) is 49.9 Å². The molecule has 1 aromatic carbocycles. The summed E-state index contributed by atoms with van der Waals surface area (Å²) in [6.45, 7) is 4.14. The molecule has 2 aliphatic carbocycles. The first-order valence-electron chi connectivity index (χ1n) is 9.51. The minimum atomic E-state index is 0.214. The number of likely N-dealkylation sites (tertiary alicyclic amines) is 1. The number of hydrogen-bond acceptors (Lipinski definition) is 2. The van der Waals surface area contributed by atoms with E-state index in [-0.39, 0.29) is 5.91 Å². The number of amides is 1. The van der Waals surface area contributed by atoms with E-state index >= 15 is 0 Å². The van der Waals surface area contributed by atoms with Crippen molar-refractivity contribution in [1.82, 2.24) is 10.2 Å². The number of nitrogens with one attached hydrogen (secondary N) is 1. The monoisotopic (exact) mass is 324 g/mol. The summed E-state index contributed by atoms with van der Waals surface area (Å²) >= 11 is 0. The Morgan fingerprint density at radius 1 is 1.12 bits per heavy atom. The Balaban J connectivity index is 1.26. The van der Waals surface area contributed by atoms with Crippen LogP contribution in [0.4, 0.5) is 0 Å². The van der Waals surface area contributed by atoms with E-state index in [4.69, 9.17) is 0 Å². The van der Waals surface area contributed by atoms with Crippen LogP contribution in [-0.4, -0.2) is 23.9 Å². The highest BCUT2D eigenvalue weighted by atomic mass is 16.1. The number of carbonyl (C=O) groups is 1. The second-order valence-electron chi connectivity index (χ2n) is 7.82. The minimum Gasteiger partial charge on any atom is -0.352 e. The summed E-state index contributed by atoms with van der Waals surface area (Å²) < 4.78 is 0. The average molecular weight is 324 g/mol. The molecule has 2 bridgehead atoms. The Morgan fingerprint density at radius 3 is 2.71 bits per heavy atom. The summed E-state index contributed by atoms with van der Waals surface area (Å²) in [5, 5.41) is 3.13. The highest BCUT2D eigenvalue weighted by molar-refractivity contribution is 5.76. The lowest BCUT2D eigenvalue weighted by Crippen LogP contribution is -2.26. The van der Waals surface area contributed by atoms with Crippen LogP contribution in [0, 0.1) is 17.8 Å². The molecule has 0 spiro atoms. The van der Waals surface area contributed by atoms with Crippen molar-refractivity contribution in [2.45, 2.75) is 45.2 Å². The fourth-order valence-electron chi connectivity index (χ4n) is 4.68. The first-order chi connectivity index (χ1) is 11.8. The van der Waals surface area contributed by atoms with Gasteiger partial charge >= 0.3 is 0 Å². The Kier molecular flexibility index (Phi) is 4.70. The molecular formula is C21H28N2O. The van der Waals surface area contributed by atoms with Crippen LogP contribution in [0.25, 0.3) is 0 Å². The summed E-state index contributed by atoms with van der Waals surface area (Å²) in [7, 11) is 0. The molecule has 0 aromatic heterocycles. The molecule has 1 amide bonds. The Hall–Kier alpha value is -1.61. The molecule has 3 aliphatic rings. The van der Waals surface area contributed by atoms with Crippen LogP contribution in [0.1, 0.15) is 43.2 Å². The number of fused-ring (bicyclic) bond motifs is 2. The fraction of sp³-hybridized carbons (Fsp3) is 0.571. The number of hydrogen-bond donors (Lipinski definition) is 1. The molecule has 4 rings (SSSR count). The molecule has 3 atom stereocenters. The van der Waals surface area contributed by atoms with Gasteiger partial charge in [0.2, 0.25) is 5.91 Å². The zero-order chi connectivity index (χ0) is 16.4. The van der Waals surface area contributed by atoms with Gasteiger partial charge in [0.15, 0.2) is 0 Å². The zero-order valence-corrected chi connectivity index (χ0v) is 14.4. The Morgan fingerprint density at radius 2 is 1.96 bits per heavy atom. The Bertz CT molecular complexity index is 618. The molecule has 1 saturated heterocycles. The fourth-order valence-corrected chi connectivity index (χ4v) is 4.68. The second-order valence-corrected chi connectivity index (χ2v) is 7.82. The van der Waals surface area contributed by atoms with Crippen molar-refractivity contribution in [3.8, 4) is 0 Å². The maximum absolute atomic E-state index is 12.3. The van der Waals surface area contributed by atoms with Crippen LogP contribution in [0.15, 0.2) is 36.4 Å². The lowest BCUT2D eigenvalue weighted by atomic mass is 9.90. The molecule has 1 heterocycles. The molecule has 1 N–H and O–H groups in total. The van der Waals surface area contributed by atoms with Gasteiger partial charge in [-0.05, 0) is 67.7 Å². The van der Waals surface area contributed by atoms with E-state index in [0.717, 1.165) is 12.5 Å². The molecule has 1 aliphatic heterocycles. The molecule has 2 fully saturated rings. The summed E-state index contributed by atoms with van der Waals surface area (Å²) in [6.07, 6.45) is 10.5. The minimum absolute atomic E-state index is 0.214. The largest absolute Gasteiger partial charge is 0.352 e. The molecular weight excluding hydrogens is 296 g/mol. The molecule has 1 saturated carbocycles. The third-order valence-corrected chi connectivity index (χ3v) is 5.95. The van der Waals surface area contributed by atoms with E-state index < -0.39 is 0 Å². The van der Waals surface area contributed by atoms with Crippen LogP contribution in [0.2, 0.25) is 0 Å². The topological polar surface area (TPSA) is 32.3 Å². The van der Waals surface area contributed by atoms with Gasteiger partial charge < -0.3 is 5.32 Å². The summed E-state index contributed by atoms with van der Waals surface area (Å²) in [6, 6.07) is 8.69. The van der Waals surface area contributed by atoms with Gasteiger partial charge in [-0.25, -0.2) is 0 Å². The quantitative estimate of drug-likeness (QED) is 0.812. The third kappa shape index (κ3) is 3.72. The highest BCUT2D eigenvalue weighted by Crippen LogP contribution is 2.44. The van der Waals surface area contributed by atoms with Gasteiger partial charge in [-0.15, -0.1) is 0 Å². The molecule has 24 heavy (non-hydrogen) atoms. The molecule has 3 heteroatoms. The van der Waals surface area contributed by atoms with Crippen LogP contribution < -0.4 is 5.32 Å². The van der Waals surface area contributed by atoms with Crippen LogP contribution >= 0.6 is 0 Å². The first kappa shape index (κ1) is 15.9. The summed E-state index contributed by atoms with van der Waals surface area (Å²) in [5.41, 5.74) is 2.58. The van der Waals surface area contributed by atoms with Crippen molar-refractivity contribution in [2.24, 2.45) is 17.8 Å². The van der Waals surface area contributed by atoms with Gasteiger partial charge in [-0.1, -0.05) is 36.4 Å². The lowest BCUT2D eigenvalue weighted by Gasteiger charge is -2.18. The van der Waals surface area contributed by atoms with Crippen LogP contribution in [-0.2, 0) is 17.9 Å². The van der Waals surface area contributed by atoms with E-state index in [2.05, 4.69) is 46.6 Å². The maximum Gasteiger partial charge on any atom is 0.220 e. The first-order valence-corrected chi connectivity index (χ1v) is 9.51. The Labute approximate surface area is 145 Å². The number of benzene rings is 1. The van der Waals surface area contributed by atoms with E-state index in [9.17, 15) is 4.79 Å². The molecule has 3 nitrogen and oxygen atoms in total. The van der Waals surface area contributed by atoms with Gasteiger partial charge in [-0.3, -0.25) is 9.69 Å². The van der Waals surface area contributed by atoms with Gasteiger partial charge in [0.25, 0.3) is 0 Å². The van der Waals surface area contributed by atoms with Crippen LogP contribution in [0.5, 0.6) is 0 Å². The van der Waals surface area contributed by atoms with Crippen molar-refractivity contribution in [3.05, 3.63) is 47.5 Å². The normalized spacial score (nSPS) is 28.6. The van der Waals surface area contributed by atoms with Gasteiger partial charge in [-0.2, -0.15) is 0 Å². The standard InChI is InChI=1S/C21H28N2O/c24-21(13-20-12-16-6-7-19(20)11-16)22-14-17-4-3-5-18(10-17)15-23-8-1-2-9-23/h3-7,10,16,19-20H,1-2,8-9,11-15H2,(H,22,24). The van der Waals surface area contributed by atoms with Crippen molar-refractivity contribution in [2.75, 3.05) is 13.1 Å². The number of carbonyl (C=O) groups excluding carboxylic acids is 1. The zero-order valence-electron chi connectivity index (χ0n) is 14.4. The molecule has 1 aromatic rings. The van der Waals surface area contributed by atoms with Gasteiger partial charge in [0.1, 0.15) is 0 Å². The van der Waals surface area contributed by atoms with E-state index in [1.807, 2.05) is 0 Å². The summed E-state index contributed by atoms with van der Waals surface area (Å²) in [4.78, 5) is 14.8. The van der Waals surface area contributed by atoms with Crippen molar-refractivity contribution in [1.29, 1.82) is 0 Å². The molecule has 3 unspecified atom stereocenters. The van der Waals surface area contributed by atoms with Crippen molar-refractivity contribution >= 4 is 5.91 Å². The highest BCUT2D eigenvalue weighted by Gasteiger charge is 2.36. The number of allylic oxidation sites excluding steroid dienone is 2. The maximum atomic E-state index is 12.3. The third-order valence-electron chi connectivity index (χ3n) is 5.95. The predicted molar refractivity (Wildman–Crippen MR) is 96.3 cm³/mol. The smallest absolute Gasteiger partial charge is 0.220 e. The number of rotatable bonds is 6. The number of nitrogens with zero attached hydrogens (tertiary/aromatic N) is 1. The average Bonchev–Trinajstić information content (AvgIpc) is 3.31. The summed E-state index contributed by atoms with van der Waals surface area (Å²) in [5.74, 6) is 2.19. The SMILES string of the molecule is O=C(CC1CC2C=CC1C2)NCc1cccc(CN2CCCC2)c1. The van der Waals surface area contributed by atoms with E-state index in [0.29, 0.717) is 24.8 Å². The molecule has 0 radical (unpaired) electrons. The van der Waals surface area contributed by atoms with Gasteiger partial charge in [0, 0.05) is 19.5 Å². The van der Waals surface area contributed by atoms with Crippen molar-refractivity contribution < 1.29 is 4.79 Å². The van der Waals surface area contributed by atoms with Crippen LogP contribution in [0.3, 0.4) is 0 Å². The van der Waals surface area contributed by atoms with Crippen molar-refractivity contribution in [3.63, 3.8) is 0 Å². The molecule has 128 valence electrons. The lowest BCUT2D eigenvalue weighted by molar-refractivity contribution is -0.122. The predicted octanol–water partition coefficient (Wildman–Crippen LogP) is 3.50. The van der Waals surface area contributed by atoms with Gasteiger partial charge in [0.05, 0.1) is 0 Å².